The standard InChI is InChI=1S/C22H44N2O4/c1-21(2,3)19-7-11-24(12-8-19)20(25)9-13-26-15-17-28-18-16-27-14-10-23-22(4,5)6/h19,23H,7-18H2,1-6H3. The fourth-order valence-electron chi connectivity index (χ4n) is 3.35. The second-order valence-electron chi connectivity index (χ2n) is 9.78. The lowest BCUT2D eigenvalue weighted by Gasteiger charge is -2.38. The van der Waals surface area contributed by atoms with Gasteiger partial charge in [0.15, 0.2) is 0 Å². The molecule has 0 aromatic heterocycles. The van der Waals surface area contributed by atoms with Crippen LogP contribution in [0, 0.1) is 11.3 Å². The first-order valence-electron chi connectivity index (χ1n) is 10.9. The van der Waals surface area contributed by atoms with Crippen molar-refractivity contribution in [1.29, 1.82) is 0 Å². The van der Waals surface area contributed by atoms with Crippen LogP contribution in [0.4, 0.5) is 0 Å². The zero-order valence-electron chi connectivity index (χ0n) is 19.1. The summed E-state index contributed by atoms with van der Waals surface area (Å²) in [5.74, 6) is 0.925. The van der Waals surface area contributed by atoms with Gasteiger partial charge in [0.05, 0.1) is 46.1 Å². The van der Waals surface area contributed by atoms with Gasteiger partial charge in [-0.05, 0) is 44.9 Å². The van der Waals surface area contributed by atoms with E-state index in [0.29, 0.717) is 57.4 Å². The predicted octanol–water partition coefficient (Wildman–Crippen LogP) is 3.10. The molecular formula is C22H44N2O4. The highest BCUT2D eigenvalue weighted by molar-refractivity contribution is 5.76. The lowest BCUT2D eigenvalue weighted by Crippen LogP contribution is -2.41. The van der Waals surface area contributed by atoms with Gasteiger partial charge in [-0.1, -0.05) is 20.8 Å². The Kier molecular flexibility index (Phi) is 11.6. The normalized spacial score (nSPS) is 16.6. The molecule has 1 heterocycles. The van der Waals surface area contributed by atoms with Gasteiger partial charge in [-0.2, -0.15) is 0 Å². The highest BCUT2D eigenvalue weighted by Crippen LogP contribution is 2.34. The number of nitrogens with zero attached hydrogens (tertiary/aromatic N) is 1. The van der Waals surface area contributed by atoms with Crippen LogP contribution >= 0.6 is 0 Å². The SMILES string of the molecule is CC(C)(C)NCCOCCOCCOCCC(=O)N1CCC(C(C)(C)C)CC1. The van der Waals surface area contributed by atoms with Crippen molar-refractivity contribution in [3.8, 4) is 0 Å². The number of hydrogen-bond donors (Lipinski definition) is 1. The zero-order valence-corrected chi connectivity index (χ0v) is 19.1. The average Bonchev–Trinajstić information content (AvgIpc) is 2.61. The van der Waals surface area contributed by atoms with Gasteiger partial charge in [-0.25, -0.2) is 0 Å². The van der Waals surface area contributed by atoms with Gasteiger partial charge < -0.3 is 24.4 Å². The van der Waals surface area contributed by atoms with Gasteiger partial charge in [0.1, 0.15) is 0 Å². The molecule has 1 N–H and O–H groups in total. The van der Waals surface area contributed by atoms with Crippen LogP contribution in [0.5, 0.6) is 0 Å². The van der Waals surface area contributed by atoms with Crippen molar-refractivity contribution in [1.82, 2.24) is 10.2 Å². The van der Waals surface area contributed by atoms with E-state index in [1.54, 1.807) is 0 Å². The minimum atomic E-state index is 0.126. The molecule has 0 radical (unpaired) electrons. The fourth-order valence-corrected chi connectivity index (χ4v) is 3.35. The number of likely N-dealkylation sites (tertiary alicyclic amines) is 1. The molecule has 1 amide bonds. The summed E-state index contributed by atoms with van der Waals surface area (Å²) >= 11 is 0. The number of carbonyl (C=O) groups is 1. The molecule has 0 aliphatic carbocycles. The lowest BCUT2D eigenvalue weighted by molar-refractivity contribution is -0.134. The molecule has 1 rings (SSSR count). The summed E-state index contributed by atoms with van der Waals surface area (Å²) in [6.45, 7) is 19.3. The predicted molar refractivity (Wildman–Crippen MR) is 114 cm³/mol. The number of rotatable bonds is 12. The van der Waals surface area contributed by atoms with Crippen LogP contribution in [0.3, 0.4) is 0 Å². The number of hydrogen-bond acceptors (Lipinski definition) is 5. The summed E-state index contributed by atoms with van der Waals surface area (Å²) in [6, 6.07) is 0. The van der Waals surface area contributed by atoms with E-state index in [2.05, 4.69) is 46.9 Å². The number of nitrogens with one attached hydrogen (secondary N) is 1. The van der Waals surface area contributed by atoms with Crippen LogP contribution in [-0.2, 0) is 19.0 Å². The monoisotopic (exact) mass is 400 g/mol. The highest BCUT2D eigenvalue weighted by atomic mass is 16.5. The number of carbonyl (C=O) groups excluding carboxylic acids is 1. The van der Waals surface area contributed by atoms with Crippen LogP contribution in [0.25, 0.3) is 0 Å². The van der Waals surface area contributed by atoms with Crippen molar-refractivity contribution in [2.24, 2.45) is 11.3 Å². The Morgan fingerprint density at radius 1 is 0.857 bits per heavy atom. The van der Waals surface area contributed by atoms with Crippen LogP contribution in [0.15, 0.2) is 0 Å². The molecule has 6 heteroatoms. The molecule has 0 spiro atoms. The second kappa shape index (κ2) is 12.8. The first-order chi connectivity index (χ1) is 13.1. The molecule has 0 aromatic rings. The molecule has 0 aromatic carbocycles. The molecule has 6 nitrogen and oxygen atoms in total. The van der Waals surface area contributed by atoms with Crippen LogP contribution < -0.4 is 5.32 Å². The maximum Gasteiger partial charge on any atom is 0.224 e. The molecule has 1 saturated heterocycles. The largest absolute Gasteiger partial charge is 0.379 e. The summed E-state index contributed by atoms with van der Waals surface area (Å²) in [4.78, 5) is 14.3. The molecule has 1 aliphatic rings. The zero-order chi connectivity index (χ0) is 21.0. The van der Waals surface area contributed by atoms with Crippen molar-refractivity contribution in [2.45, 2.75) is 66.3 Å². The van der Waals surface area contributed by atoms with Crippen LogP contribution in [0.2, 0.25) is 0 Å². The lowest BCUT2D eigenvalue weighted by atomic mass is 9.75. The van der Waals surface area contributed by atoms with Crippen molar-refractivity contribution >= 4 is 5.91 Å². The Hall–Kier alpha value is -0.690. The Bertz CT molecular complexity index is 421. The van der Waals surface area contributed by atoms with E-state index in [-0.39, 0.29) is 11.4 Å². The van der Waals surface area contributed by atoms with Crippen molar-refractivity contribution < 1.29 is 19.0 Å². The highest BCUT2D eigenvalue weighted by Gasteiger charge is 2.30. The topological polar surface area (TPSA) is 60.0 Å². The van der Waals surface area contributed by atoms with Gasteiger partial charge in [0, 0.05) is 25.2 Å². The summed E-state index contributed by atoms with van der Waals surface area (Å²) < 4.78 is 16.5. The van der Waals surface area contributed by atoms with Gasteiger partial charge >= 0.3 is 0 Å². The summed E-state index contributed by atoms with van der Waals surface area (Å²) in [5, 5.41) is 3.37. The molecule has 166 valence electrons. The third kappa shape index (κ3) is 12.0. The van der Waals surface area contributed by atoms with E-state index in [0.717, 1.165) is 32.5 Å². The third-order valence-electron chi connectivity index (χ3n) is 5.18. The van der Waals surface area contributed by atoms with Crippen LogP contribution in [0.1, 0.15) is 60.8 Å². The summed E-state index contributed by atoms with van der Waals surface area (Å²) in [7, 11) is 0. The Morgan fingerprint density at radius 2 is 1.36 bits per heavy atom. The molecular weight excluding hydrogens is 356 g/mol. The Labute approximate surface area is 172 Å². The maximum absolute atomic E-state index is 12.3. The molecule has 0 atom stereocenters. The summed E-state index contributed by atoms with van der Waals surface area (Å²) in [5.41, 5.74) is 0.466. The molecule has 1 aliphatic heterocycles. The average molecular weight is 401 g/mol. The van der Waals surface area contributed by atoms with Crippen LogP contribution in [-0.4, -0.2) is 75.6 Å². The Balaban J connectivity index is 1.90. The number of ether oxygens (including phenoxy) is 3. The van der Waals surface area contributed by atoms with Gasteiger partial charge in [-0.15, -0.1) is 0 Å². The van der Waals surface area contributed by atoms with E-state index in [1.165, 1.54) is 0 Å². The number of amides is 1. The molecule has 28 heavy (non-hydrogen) atoms. The van der Waals surface area contributed by atoms with Gasteiger partial charge in [0.25, 0.3) is 0 Å². The maximum atomic E-state index is 12.3. The van der Waals surface area contributed by atoms with Gasteiger partial charge in [0.2, 0.25) is 5.91 Å². The van der Waals surface area contributed by atoms with Crippen molar-refractivity contribution in [3.05, 3.63) is 0 Å². The second-order valence-corrected chi connectivity index (χ2v) is 9.78. The molecule has 0 unspecified atom stereocenters. The van der Waals surface area contributed by atoms with E-state index in [4.69, 9.17) is 14.2 Å². The third-order valence-corrected chi connectivity index (χ3v) is 5.18. The van der Waals surface area contributed by atoms with Gasteiger partial charge in [-0.3, -0.25) is 4.79 Å². The van der Waals surface area contributed by atoms with E-state index in [1.807, 2.05) is 4.90 Å². The molecule has 0 saturated carbocycles. The van der Waals surface area contributed by atoms with Crippen molar-refractivity contribution in [2.75, 3.05) is 59.3 Å². The van der Waals surface area contributed by atoms with Crippen molar-refractivity contribution in [3.63, 3.8) is 0 Å². The first-order valence-corrected chi connectivity index (χ1v) is 10.9. The fraction of sp³-hybridized carbons (Fsp3) is 0.955. The Morgan fingerprint density at radius 3 is 1.86 bits per heavy atom. The van der Waals surface area contributed by atoms with E-state index >= 15 is 0 Å². The minimum Gasteiger partial charge on any atom is -0.379 e. The quantitative estimate of drug-likeness (QED) is 0.510. The smallest absolute Gasteiger partial charge is 0.224 e. The first kappa shape index (κ1) is 25.3. The van der Waals surface area contributed by atoms with E-state index in [9.17, 15) is 4.79 Å². The minimum absolute atomic E-state index is 0.126. The summed E-state index contributed by atoms with van der Waals surface area (Å²) in [6.07, 6.45) is 2.68. The molecule has 1 fully saturated rings. The number of piperidine rings is 1. The molecule has 0 bridgehead atoms. The van der Waals surface area contributed by atoms with E-state index < -0.39 is 0 Å².